The Kier molecular flexibility index (Phi) is 4.10. The Morgan fingerprint density at radius 3 is 2.11 bits per heavy atom. The van der Waals surface area contributed by atoms with Crippen molar-refractivity contribution in [3.05, 3.63) is 29.3 Å². The molecule has 1 aromatic carbocycles. The smallest absolute Gasteiger partial charge is 0.383 e. The molecule has 0 saturated carbocycles. The Bertz CT molecular complexity index is 435. The molecule has 3 nitrogen and oxygen atoms in total. The van der Waals surface area contributed by atoms with Crippen LogP contribution in [0.1, 0.15) is 10.4 Å². The average molecular weight is 268 g/mol. The molecule has 8 heteroatoms. The van der Waals surface area contributed by atoms with Crippen molar-refractivity contribution in [2.75, 3.05) is 18.9 Å². The monoisotopic (exact) mass is 268 g/mol. The van der Waals surface area contributed by atoms with Crippen molar-refractivity contribution in [3.63, 3.8) is 0 Å². The van der Waals surface area contributed by atoms with Gasteiger partial charge in [-0.1, -0.05) is 0 Å². The second-order valence-corrected chi connectivity index (χ2v) is 3.36. The maximum absolute atomic E-state index is 13.2. The molecule has 1 aromatic rings. The molecule has 0 atom stereocenters. The molecule has 0 aliphatic carbocycles. The van der Waals surface area contributed by atoms with E-state index in [-0.39, 0.29) is 0 Å². The van der Waals surface area contributed by atoms with Crippen LogP contribution in [0.3, 0.4) is 0 Å². The fraction of sp³-hybridized carbons (Fsp3) is 0.300. The number of hydrogen-bond acceptors (Lipinski definition) is 2. The van der Waals surface area contributed by atoms with Gasteiger partial charge < -0.3 is 10.6 Å². The molecular formula is C10H9F5N2O. The highest BCUT2D eigenvalue weighted by Gasteiger charge is 2.28. The van der Waals surface area contributed by atoms with Gasteiger partial charge in [0.2, 0.25) is 0 Å². The first-order chi connectivity index (χ1) is 8.24. The summed E-state index contributed by atoms with van der Waals surface area (Å²) in [6.07, 6.45) is -4.59. The van der Waals surface area contributed by atoms with Crippen LogP contribution < -0.4 is 10.6 Å². The van der Waals surface area contributed by atoms with Gasteiger partial charge >= 0.3 is 6.18 Å². The standard InChI is InChI=1S/C10H9F5N2O/c1-16-8-6(11)2-5(3-7(8)12)9(18)17-4-10(13,14)15/h2-3,16H,4H2,1H3,(H,17,18). The Morgan fingerprint density at radius 1 is 1.22 bits per heavy atom. The molecule has 1 amide bonds. The van der Waals surface area contributed by atoms with E-state index in [4.69, 9.17) is 0 Å². The summed E-state index contributed by atoms with van der Waals surface area (Å²) in [4.78, 5) is 11.2. The Balaban J connectivity index is 2.88. The average Bonchev–Trinajstić information content (AvgIpc) is 2.24. The van der Waals surface area contributed by atoms with E-state index < -0.39 is 41.5 Å². The molecule has 0 aliphatic rings. The summed E-state index contributed by atoms with van der Waals surface area (Å²) in [5.74, 6) is -3.32. The fourth-order valence-corrected chi connectivity index (χ4v) is 1.23. The number of hydrogen-bond donors (Lipinski definition) is 2. The summed E-state index contributed by atoms with van der Waals surface area (Å²) < 4.78 is 62.0. The first-order valence-corrected chi connectivity index (χ1v) is 4.76. The molecule has 0 saturated heterocycles. The minimum absolute atomic E-state index is 0.456. The summed E-state index contributed by atoms with van der Waals surface area (Å²) in [6.45, 7) is -1.57. The number of anilines is 1. The molecule has 0 bridgehead atoms. The second-order valence-electron chi connectivity index (χ2n) is 3.36. The van der Waals surface area contributed by atoms with Crippen molar-refractivity contribution in [1.29, 1.82) is 0 Å². The minimum atomic E-state index is -4.59. The van der Waals surface area contributed by atoms with E-state index >= 15 is 0 Å². The molecule has 0 fully saturated rings. The Hall–Kier alpha value is -1.86. The third-order valence-corrected chi connectivity index (χ3v) is 2.00. The van der Waals surface area contributed by atoms with Crippen LogP contribution in [0.4, 0.5) is 27.6 Å². The highest BCUT2D eigenvalue weighted by atomic mass is 19.4. The van der Waals surface area contributed by atoms with Gasteiger partial charge in [0.25, 0.3) is 5.91 Å². The van der Waals surface area contributed by atoms with Crippen molar-refractivity contribution in [2.24, 2.45) is 0 Å². The lowest BCUT2D eigenvalue weighted by Crippen LogP contribution is -2.33. The van der Waals surface area contributed by atoms with E-state index in [0.717, 1.165) is 0 Å². The Labute approximate surface area is 99.0 Å². The first kappa shape index (κ1) is 14.2. The van der Waals surface area contributed by atoms with E-state index in [1.165, 1.54) is 12.4 Å². The predicted octanol–water partition coefficient (Wildman–Crippen LogP) is 2.30. The zero-order chi connectivity index (χ0) is 13.9. The van der Waals surface area contributed by atoms with Gasteiger partial charge in [0.1, 0.15) is 23.9 Å². The van der Waals surface area contributed by atoms with E-state index in [9.17, 15) is 26.7 Å². The number of halogens is 5. The van der Waals surface area contributed by atoms with Crippen LogP contribution in [0.2, 0.25) is 0 Å². The van der Waals surface area contributed by atoms with E-state index in [0.29, 0.717) is 12.1 Å². The maximum Gasteiger partial charge on any atom is 0.405 e. The number of carbonyl (C=O) groups excluding carboxylic acids is 1. The predicted molar refractivity (Wildman–Crippen MR) is 54.3 cm³/mol. The number of benzene rings is 1. The van der Waals surface area contributed by atoms with Crippen molar-refractivity contribution in [1.82, 2.24) is 5.32 Å². The van der Waals surface area contributed by atoms with Gasteiger partial charge in [-0.25, -0.2) is 8.78 Å². The van der Waals surface area contributed by atoms with Crippen LogP contribution in [-0.4, -0.2) is 25.7 Å². The molecule has 0 unspecified atom stereocenters. The zero-order valence-electron chi connectivity index (χ0n) is 9.16. The van der Waals surface area contributed by atoms with Crippen LogP contribution in [-0.2, 0) is 0 Å². The van der Waals surface area contributed by atoms with Gasteiger partial charge in [-0.3, -0.25) is 4.79 Å². The number of rotatable bonds is 3. The van der Waals surface area contributed by atoms with Gasteiger partial charge in [0.15, 0.2) is 0 Å². The lowest BCUT2D eigenvalue weighted by molar-refractivity contribution is -0.123. The fourth-order valence-electron chi connectivity index (χ4n) is 1.23. The van der Waals surface area contributed by atoms with Gasteiger partial charge in [-0.2, -0.15) is 13.2 Å². The Morgan fingerprint density at radius 2 is 1.72 bits per heavy atom. The molecular weight excluding hydrogens is 259 g/mol. The molecule has 2 N–H and O–H groups in total. The van der Waals surface area contributed by atoms with Crippen LogP contribution in [0.25, 0.3) is 0 Å². The molecule has 1 rings (SSSR count). The van der Waals surface area contributed by atoms with Crippen LogP contribution in [0.15, 0.2) is 12.1 Å². The van der Waals surface area contributed by atoms with Crippen molar-refractivity contribution < 1.29 is 26.7 Å². The summed E-state index contributed by atoms with van der Waals surface area (Å²) >= 11 is 0. The highest BCUT2D eigenvalue weighted by molar-refractivity contribution is 5.94. The summed E-state index contributed by atoms with van der Waals surface area (Å²) in [6, 6.07) is 1.31. The zero-order valence-corrected chi connectivity index (χ0v) is 9.16. The van der Waals surface area contributed by atoms with E-state index in [1.807, 2.05) is 0 Å². The molecule has 18 heavy (non-hydrogen) atoms. The lowest BCUT2D eigenvalue weighted by Gasteiger charge is -2.10. The van der Waals surface area contributed by atoms with Gasteiger partial charge in [-0.05, 0) is 12.1 Å². The maximum atomic E-state index is 13.2. The van der Waals surface area contributed by atoms with Gasteiger partial charge in [-0.15, -0.1) is 0 Å². The second kappa shape index (κ2) is 5.19. The topological polar surface area (TPSA) is 41.1 Å². The number of carbonyl (C=O) groups is 1. The van der Waals surface area contributed by atoms with Crippen molar-refractivity contribution >= 4 is 11.6 Å². The molecule has 0 spiro atoms. The van der Waals surface area contributed by atoms with Crippen molar-refractivity contribution in [2.45, 2.75) is 6.18 Å². The first-order valence-electron chi connectivity index (χ1n) is 4.76. The van der Waals surface area contributed by atoms with Gasteiger partial charge in [0, 0.05) is 12.6 Å². The van der Waals surface area contributed by atoms with Crippen LogP contribution in [0, 0.1) is 11.6 Å². The van der Waals surface area contributed by atoms with Crippen molar-refractivity contribution in [3.8, 4) is 0 Å². The molecule has 100 valence electrons. The van der Waals surface area contributed by atoms with Crippen LogP contribution >= 0.6 is 0 Å². The van der Waals surface area contributed by atoms with Crippen LogP contribution in [0.5, 0.6) is 0 Å². The summed E-state index contributed by atoms with van der Waals surface area (Å²) in [5, 5.41) is 3.74. The normalized spacial score (nSPS) is 11.2. The molecule has 0 aliphatic heterocycles. The number of nitrogens with one attached hydrogen (secondary N) is 2. The number of alkyl halides is 3. The number of amides is 1. The third-order valence-electron chi connectivity index (χ3n) is 2.00. The van der Waals surface area contributed by atoms with E-state index in [2.05, 4.69) is 5.32 Å². The highest BCUT2D eigenvalue weighted by Crippen LogP contribution is 2.20. The summed E-state index contributed by atoms with van der Waals surface area (Å²) in [7, 11) is 1.27. The molecule has 0 aromatic heterocycles. The SMILES string of the molecule is CNc1c(F)cc(C(=O)NCC(F)(F)F)cc1F. The third kappa shape index (κ3) is 3.57. The molecule has 0 radical (unpaired) electrons. The van der Waals surface area contributed by atoms with Gasteiger partial charge in [0.05, 0.1) is 0 Å². The molecule has 0 heterocycles. The largest absolute Gasteiger partial charge is 0.405 e. The lowest BCUT2D eigenvalue weighted by atomic mass is 10.1. The van der Waals surface area contributed by atoms with E-state index in [1.54, 1.807) is 0 Å². The quantitative estimate of drug-likeness (QED) is 0.826. The summed E-state index contributed by atoms with van der Waals surface area (Å²) in [5.41, 5.74) is -0.976. The minimum Gasteiger partial charge on any atom is -0.383 e.